The smallest absolute Gasteiger partial charge is 0.303 e. The minimum Gasteiger partial charge on any atom is -0.481 e. The van der Waals surface area contributed by atoms with E-state index in [0.29, 0.717) is 12.7 Å². The highest BCUT2D eigenvalue weighted by atomic mass is 16.5. The second-order valence-electron chi connectivity index (χ2n) is 7.73. The second kappa shape index (κ2) is 8.99. The van der Waals surface area contributed by atoms with E-state index in [-0.39, 0.29) is 18.7 Å². The van der Waals surface area contributed by atoms with Gasteiger partial charge in [-0.2, -0.15) is 0 Å². The summed E-state index contributed by atoms with van der Waals surface area (Å²) in [6.07, 6.45) is 6.55. The summed E-state index contributed by atoms with van der Waals surface area (Å²) in [6.45, 7) is 4.13. The number of amides is 1. The SMILES string of the molecule is CC(C)(CC(=O)O)CC(=O)Nc1cccc(COC2CCCCC2)c1. The van der Waals surface area contributed by atoms with E-state index in [2.05, 4.69) is 5.32 Å². The molecule has 0 unspecified atom stereocenters. The van der Waals surface area contributed by atoms with Crippen molar-refractivity contribution >= 4 is 17.6 Å². The number of carboxylic acids is 1. The molecule has 0 radical (unpaired) electrons. The molecule has 1 fully saturated rings. The first-order chi connectivity index (χ1) is 11.8. The molecule has 2 rings (SSSR count). The lowest BCUT2D eigenvalue weighted by Gasteiger charge is -2.22. The number of benzene rings is 1. The number of anilines is 1. The van der Waals surface area contributed by atoms with E-state index in [4.69, 9.17) is 9.84 Å². The van der Waals surface area contributed by atoms with Crippen molar-refractivity contribution in [2.45, 2.75) is 71.5 Å². The van der Waals surface area contributed by atoms with Crippen molar-refractivity contribution in [2.24, 2.45) is 5.41 Å². The summed E-state index contributed by atoms with van der Waals surface area (Å²) < 4.78 is 5.98. The van der Waals surface area contributed by atoms with Gasteiger partial charge >= 0.3 is 5.97 Å². The normalized spacial score (nSPS) is 15.8. The molecular weight excluding hydrogens is 318 g/mol. The van der Waals surface area contributed by atoms with Gasteiger partial charge in [-0.3, -0.25) is 9.59 Å². The number of carboxylic acid groups (broad SMARTS) is 1. The maximum atomic E-state index is 12.2. The van der Waals surface area contributed by atoms with E-state index < -0.39 is 11.4 Å². The number of aliphatic carboxylic acids is 1. The monoisotopic (exact) mass is 347 g/mol. The van der Waals surface area contributed by atoms with Gasteiger partial charge in [0.05, 0.1) is 19.1 Å². The average molecular weight is 347 g/mol. The molecule has 138 valence electrons. The summed E-state index contributed by atoms with van der Waals surface area (Å²) in [7, 11) is 0. The molecule has 1 saturated carbocycles. The van der Waals surface area contributed by atoms with Gasteiger partial charge in [0.15, 0.2) is 0 Å². The Balaban J connectivity index is 1.85. The Kier molecular flexibility index (Phi) is 7.00. The maximum absolute atomic E-state index is 12.2. The van der Waals surface area contributed by atoms with Gasteiger partial charge in [-0.15, -0.1) is 0 Å². The van der Waals surface area contributed by atoms with E-state index in [1.807, 2.05) is 24.3 Å². The summed E-state index contributed by atoms with van der Waals surface area (Å²) in [5.41, 5.74) is 1.19. The fraction of sp³-hybridized carbons (Fsp3) is 0.600. The predicted molar refractivity (Wildman–Crippen MR) is 97.4 cm³/mol. The fourth-order valence-electron chi connectivity index (χ4n) is 3.30. The number of ether oxygens (including phenoxy) is 1. The molecule has 1 aliphatic rings. The van der Waals surface area contributed by atoms with Gasteiger partial charge in [0.25, 0.3) is 0 Å². The van der Waals surface area contributed by atoms with Crippen molar-refractivity contribution in [3.8, 4) is 0 Å². The van der Waals surface area contributed by atoms with Crippen molar-refractivity contribution in [2.75, 3.05) is 5.32 Å². The van der Waals surface area contributed by atoms with Gasteiger partial charge in [-0.25, -0.2) is 0 Å². The molecule has 0 aromatic heterocycles. The van der Waals surface area contributed by atoms with Crippen molar-refractivity contribution < 1.29 is 19.4 Å². The third-order valence-corrected chi connectivity index (χ3v) is 4.52. The van der Waals surface area contributed by atoms with E-state index in [1.165, 1.54) is 19.3 Å². The molecule has 0 spiro atoms. The summed E-state index contributed by atoms with van der Waals surface area (Å²) in [5, 5.41) is 11.8. The number of nitrogens with one attached hydrogen (secondary N) is 1. The zero-order chi connectivity index (χ0) is 18.3. The van der Waals surface area contributed by atoms with Crippen LogP contribution < -0.4 is 5.32 Å². The lowest BCUT2D eigenvalue weighted by molar-refractivity contribution is -0.139. The van der Waals surface area contributed by atoms with E-state index in [9.17, 15) is 9.59 Å². The first-order valence-corrected chi connectivity index (χ1v) is 9.06. The fourth-order valence-corrected chi connectivity index (χ4v) is 3.30. The number of carbonyl (C=O) groups excluding carboxylic acids is 1. The quantitative estimate of drug-likeness (QED) is 0.732. The number of hydrogen-bond acceptors (Lipinski definition) is 3. The molecule has 1 aromatic carbocycles. The predicted octanol–water partition coefficient (Wildman–Crippen LogP) is 4.37. The van der Waals surface area contributed by atoms with Crippen LogP contribution in [0.25, 0.3) is 0 Å². The molecule has 0 aliphatic heterocycles. The lowest BCUT2D eigenvalue weighted by atomic mass is 9.85. The van der Waals surface area contributed by atoms with Gasteiger partial charge in [-0.05, 0) is 36.0 Å². The molecule has 0 saturated heterocycles. The van der Waals surface area contributed by atoms with Gasteiger partial charge < -0.3 is 15.2 Å². The molecule has 5 nitrogen and oxygen atoms in total. The minimum absolute atomic E-state index is 0.0321. The highest BCUT2D eigenvalue weighted by Crippen LogP contribution is 2.26. The zero-order valence-corrected chi connectivity index (χ0v) is 15.2. The Morgan fingerprint density at radius 1 is 1.20 bits per heavy atom. The van der Waals surface area contributed by atoms with Gasteiger partial charge in [-0.1, -0.05) is 45.2 Å². The van der Waals surface area contributed by atoms with Crippen LogP contribution in [0.1, 0.15) is 64.4 Å². The largest absolute Gasteiger partial charge is 0.481 e. The van der Waals surface area contributed by atoms with Crippen molar-refractivity contribution in [3.63, 3.8) is 0 Å². The Bertz CT molecular complexity index is 591. The topological polar surface area (TPSA) is 75.6 Å². The number of rotatable bonds is 8. The highest BCUT2D eigenvalue weighted by molar-refractivity contribution is 5.91. The molecule has 0 atom stereocenters. The highest BCUT2D eigenvalue weighted by Gasteiger charge is 2.25. The van der Waals surface area contributed by atoms with Gasteiger partial charge in [0, 0.05) is 12.1 Å². The third kappa shape index (κ3) is 7.26. The van der Waals surface area contributed by atoms with E-state index >= 15 is 0 Å². The Morgan fingerprint density at radius 2 is 1.92 bits per heavy atom. The molecule has 1 aliphatic carbocycles. The van der Waals surface area contributed by atoms with Crippen LogP contribution in [-0.4, -0.2) is 23.1 Å². The maximum Gasteiger partial charge on any atom is 0.303 e. The summed E-state index contributed by atoms with van der Waals surface area (Å²) in [6, 6.07) is 7.65. The number of carbonyl (C=O) groups is 2. The van der Waals surface area contributed by atoms with E-state index in [0.717, 1.165) is 24.1 Å². The molecule has 1 aromatic rings. The summed E-state index contributed by atoms with van der Waals surface area (Å²) in [5.74, 6) is -1.06. The molecule has 0 heterocycles. The van der Waals surface area contributed by atoms with Crippen LogP contribution in [-0.2, 0) is 20.9 Å². The number of hydrogen-bond donors (Lipinski definition) is 2. The van der Waals surface area contributed by atoms with E-state index in [1.54, 1.807) is 13.8 Å². The van der Waals surface area contributed by atoms with Crippen LogP contribution in [0.5, 0.6) is 0 Å². The molecular formula is C20H29NO4. The Labute approximate surface area is 149 Å². The molecule has 25 heavy (non-hydrogen) atoms. The molecule has 1 amide bonds. The molecule has 2 N–H and O–H groups in total. The molecule has 5 heteroatoms. The Hall–Kier alpha value is -1.88. The Morgan fingerprint density at radius 3 is 2.60 bits per heavy atom. The van der Waals surface area contributed by atoms with Crippen LogP contribution in [0.15, 0.2) is 24.3 Å². The van der Waals surface area contributed by atoms with Crippen LogP contribution in [0.3, 0.4) is 0 Å². The summed E-state index contributed by atoms with van der Waals surface area (Å²) >= 11 is 0. The zero-order valence-electron chi connectivity index (χ0n) is 15.2. The van der Waals surface area contributed by atoms with Crippen molar-refractivity contribution in [3.05, 3.63) is 29.8 Å². The average Bonchev–Trinajstić information content (AvgIpc) is 2.52. The van der Waals surface area contributed by atoms with Crippen molar-refractivity contribution in [1.82, 2.24) is 0 Å². The standard InChI is InChI=1S/C20H29NO4/c1-20(2,13-19(23)24)12-18(22)21-16-8-6-7-15(11-16)14-25-17-9-4-3-5-10-17/h6-8,11,17H,3-5,9-10,12-14H2,1-2H3,(H,21,22)(H,23,24). The minimum atomic E-state index is -0.889. The third-order valence-electron chi connectivity index (χ3n) is 4.52. The van der Waals surface area contributed by atoms with Gasteiger partial charge in [0.1, 0.15) is 0 Å². The summed E-state index contributed by atoms with van der Waals surface area (Å²) in [4.78, 5) is 23.0. The molecule has 0 bridgehead atoms. The van der Waals surface area contributed by atoms with Crippen LogP contribution in [0.4, 0.5) is 5.69 Å². The lowest BCUT2D eigenvalue weighted by Crippen LogP contribution is -2.24. The van der Waals surface area contributed by atoms with Crippen LogP contribution in [0, 0.1) is 5.41 Å². The van der Waals surface area contributed by atoms with Crippen LogP contribution >= 0.6 is 0 Å². The first-order valence-electron chi connectivity index (χ1n) is 9.06. The van der Waals surface area contributed by atoms with Crippen LogP contribution in [0.2, 0.25) is 0 Å². The van der Waals surface area contributed by atoms with Crippen molar-refractivity contribution in [1.29, 1.82) is 0 Å². The van der Waals surface area contributed by atoms with Gasteiger partial charge in [0.2, 0.25) is 5.91 Å². The second-order valence-corrected chi connectivity index (χ2v) is 7.73. The first kappa shape index (κ1) is 19.4.